The number of rotatable bonds is 15. The quantitative estimate of drug-likeness (QED) is 0.270. The summed E-state index contributed by atoms with van der Waals surface area (Å²) in [5.41, 5.74) is 1.11. The Hall–Kier alpha value is -2.94. The van der Waals surface area contributed by atoms with E-state index in [1.54, 1.807) is 14.1 Å². The molecule has 0 unspecified atom stereocenters. The van der Waals surface area contributed by atoms with Gasteiger partial charge in [-0.2, -0.15) is 0 Å². The molecule has 39 heavy (non-hydrogen) atoms. The van der Waals surface area contributed by atoms with Crippen molar-refractivity contribution in [3.05, 3.63) is 35.9 Å². The molecular formula is C30H51N5O4. The maximum absolute atomic E-state index is 13.6. The Morgan fingerprint density at radius 2 is 1.21 bits per heavy atom. The molecule has 4 atom stereocenters. The number of benzene rings is 1. The van der Waals surface area contributed by atoms with E-state index in [4.69, 9.17) is 0 Å². The van der Waals surface area contributed by atoms with E-state index in [2.05, 4.69) is 21.3 Å². The van der Waals surface area contributed by atoms with Gasteiger partial charge in [0, 0.05) is 13.6 Å². The van der Waals surface area contributed by atoms with Crippen LogP contribution in [0.5, 0.6) is 0 Å². The molecule has 0 aliphatic carbocycles. The summed E-state index contributed by atoms with van der Waals surface area (Å²) < 4.78 is 0. The molecule has 0 heterocycles. The van der Waals surface area contributed by atoms with E-state index in [9.17, 15) is 19.2 Å². The standard InChI is InChI=1S/C30H51N5O4/c1-18(2)23(31-9)28(37)34-25(20(5)6)30(39)35(10)26(21(7)8)29(38)33-24(19(3)4)27(36)32-17-16-22-14-12-11-13-15-22/h11-15,18-21,23-26,31H,16-17H2,1-10H3,(H,32,36)(H,33,38)(H,34,37)/t23-,24-,25-,26-/m0/s1. The highest BCUT2D eigenvalue weighted by molar-refractivity contribution is 5.95. The Morgan fingerprint density at radius 3 is 1.67 bits per heavy atom. The van der Waals surface area contributed by atoms with Gasteiger partial charge in [0.2, 0.25) is 23.6 Å². The largest absolute Gasteiger partial charge is 0.354 e. The van der Waals surface area contributed by atoms with Crippen LogP contribution in [-0.2, 0) is 25.6 Å². The lowest BCUT2D eigenvalue weighted by atomic mass is 9.96. The second-order valence-corrected chi connectivity index (χ2v) is 11.6. The number of hydrogen-bond donors (Lipinski definition) is 4. The lowest BCUT2D eigenvalue weighted by Crippen LogP contribution is -2.61. The SMILES string of the molecule is CN[C@H](C(=O)N[C@H](C(=O)N(C)[C@H](C(=O)N[C@H](C(=O)NCCc1ccccc1)C(C)C)C(C)C)C(C)C)C(C)C. The lowest BCUT2D eigenvalue weighted by Gasteiger charge is -2.36. The number of hydrogen-bond acceptors (Lipinski definition) is 5. The molecule has 0 aromatic heterocycles. The Bertz CT molecular complexity index is 933. The van der Waals surface area contributed by atoms with Crippen molar-refractivity contribution in [1.82, 2.24) is 26.2 Å². The molecule has 1 rings (SSSR count). The molecule has 1 aromatic rings. The van der Waals surface area contributed by atoms with Crippen LogP contribution in [0.4, 0.5) is 0 Å². The molecule has 0 saturated heterocycles. The van der Waals surface area contributed by atoms with Crippen LogP contribution in [0.1, 0.15) is 61.0 Å². The average molecular weight is 546 g/mol. The molecule has 0 radical (unpaired) electrons. The van der Waals surface area contributed by atoms with E-state index in [1.165, 1.54) is 4.90 Å². The van der Waals surface area contributed by atoms with Crippen LogP contribution in [0.15, 0.2) is 30.3 Å². The molecule has 220 valence electrons. The van der Waals surface area contributed by atoms with Gasteiger partial charge in [0.05, 0.1) is 6.04 Å². The van der Waals surface area contributed by atoms with Crippen molar-refractivity contribution in [2.24, 2.45) is 23.7 Å². The Morgan fingerprint density at radius 1 is 0.692 bits per heavy atom. The van der Waals surface area contributed by atoms with Gasteiger partial charge in [-0.3, -0.25) is 19.2 Å². The summed E-state index contributed by atoms with van der Waals surface area (Å²) in [5, 5.41) is 11.7. The average Bonchev–Trinajstić information content (AvgIpc) is 2.85. The number of nitrogens with one attached hydrogen (secondary N) is 4. The van der Waals surface area contributed by atoms with Crippen molar-refractivity contribution < 1.29 is 19.2 Å². The van der Waals surface area contributed by atoms with Crippen LogP contribution in [0.2, 0.25) is 0 Å². The van der Waals surface area contributed by atoms with Crippen LogP contribution >= 0.6 is 0 Å². The number of carbonyl (C=O) groups excluding carboxylic acids is 4. The van der Waals surface area contributed by atoms with Crippen LogP contribution in [0.3, 0.4) is 0 Å². The van der Waals surface area contributed by atoms with Crippen molar-refractivity contribution in [3.8, 4) is 0 Å². The Balaban J connectivity index is 2.99. The van der Waals surface area contributed by atoms with E-state index in [0.29, 0.717) is 13.0 Å². The van der Waals surface area contributed by atoms with Crippen LogP contribution in [0, 0.1) is 23.7 Å². The van der Waals surface area contributed by atoms with Gasteiger partial charge in [0.15, 0.2) is 0 Å². The van der Waals surface area contributed by atoms with E-state index >= 15 is 0 Å². The summed E-state index contributed by atoms with van der Waals surface area (Å²) in [4.78, 5) is 54.4. The maximum atomic E-state index is 13.6. The van der Waals surface area contributed by atoms with E-state index in [1.807, 2.05) is 85.7 Å². The summed E-state index contributed by atoms with van der Waals surface area (Å²) >= 11 is 0. The summed E-state index contributed by atoms with van der Waals surface area (Å²) in [5.74, 6) is -1.80. The molecule has 0 spiro atoms. The summed E-state index contributed by atoms with van der Waals surface area (Å²) in [6, 6.07) is 7.05. The summed E-state index contributed by atoms with van der Waals surface area (Å²) in [6.45, 7) is 15.5. The Labute approximate surface area is 235 Å². The third-order valence-corrected chi connectivity index (χ3v) is 6.96. The van der Waals surface area contributed by atoms with Crippen molar-refractivity contribution in [3.63, 3.8) is 0 Å². The van der Waals surface area contributed by atoms with Crippen LogP contribution < -0.4 is 21.3 Å². The molecule has 0 aliphatic rings. The van der Waals surface area contributed by atoms with E-state index < -0.39 is 30.1 Å². The molecular weight excluding hydrogens is 494 g/mol. The molecule has 0 fully saturated rings. The molecule has 0 aliphatic heterocycles. The van der Waals surface area contributed by atoms with Gasteiger partial charge in [-0.25, -0.2) is 0 Å². The van der Waals surface area contributed by atoms with Crippen LogP contribution in [0.25, 0.3) is 0 Å². The minimum absolute atomic E-state index is 0.0386. The highest BCUT2D eigenvalue weighted by Gasteiger charge is 2.37. The first-order valence-electron chi connectivity index (χ1n) is 14.1. The minimum atomic E-state index is -0.820. The Kier molecular flexibility index (Phi) is 14.2. The number of likely N-dealkylation sites (N-methyl/N-ethyl adjacent to an activating group) is 2. The zero-order valence-electron chi connectivity index (χ0n) is 25.5. The lowest BCUT2D eigenvalue weighted by molar-refractivity contribution is -0.145. The normalized spacial score (nSPS) is 14.6. The molecule has 4 N–H and O–H groups in total. The fraction of sp³-hybridized carbons (Fsp3) is 0.667. The number of nitrogens with zero attached hydrogens (tertiary/aromatic N) is 1. The van der Waals surface area contributed by atoms with Gasteiger partial charge in [0.25, 0.3) is 0 Å². The fourth-order valence-electron chi connectivity index (χ4n) is 4.66. The fourth-order valence-corrected chi connectivity index (χ4v) is 4.66. The first kappa shape index (κ1) is 34.1. The van der Waals surface area contributed by atoms with Gasteiger partial charge in [0.1, 0.15) is 18.1 Å². The van der Waals surface area contributed by atoms with Gasteiger partial charge >= 0.3 is 0 Å². The number of amides is 4. The zero-order chi connectivity index (χ0) is 29.9. The minimum Gasteiger partial charge on any atom is -0.354 e. The van der Waals surface area contributed by atoms with Crippen molar-refractivity contribution in [2.75, 3.05) is 20.6 Å². The van der Waals surface area contributed by atoms with Crippen molar-refractivity contribution >= 4 is 23.6 Å². The van der Waals surface area contributed by atoms with Gasteiger partial charge in [-0.05, 0) is 42.7 Å². The molecule has 0 bridgehead atoms. The van der Waals surface area contributed by atoms with Crippen molar-refractivity contribution in [2.45, 2.75) is 86.0 Å². The second-order valence-electron chi connectivity index (χ2n) is 11.6. The van der Waals surface area contributed by atoms with Gasteiger partial charge < -0.3 is 26.2 Å². The highest BCUT2D eigenvalue weighted by Crippen LogP contribution is 2.16. The van der Waals surface area contributed by atoms with E-state index in [-0.39, 0.29) is 41.4 Å². The highest BCUT2D eigenvalue weighted by atomic mass is 16.2. The first-order valence-corrected chi connectivity index (χ1v) is 14.1. The molecule has 4 amide bonds. The van der Waals surface area contributed by atoms with Crippen molar-refractivity contribution in [1.29, 1.82) is 0 Å². The molecule has 0 saturated carbocycles. The van der Waals surface area contributed by atoms with Crippen LogP contribution in [-0.4, -0.2) is 73.3 Å². The van der Waals surface area contributed by atoms with Gasteiger partial charge in [-0.15, -0.1) is 0 Å². The monoisotopic (exact) mass is 545 g/mol. The first-order chi connectivity index (χ1) is 18.2. The topological polar surface area (TPSA) is 120 Å². The predicted octanol–water partition coefficient (Wildman–Crippen LogP) is 2.35. The molecule has 9 nitrogen and oxygen atoms in total. The smallest absolute Gasteiger partial charge is 0.245 e. The van der Waals surface area contributed by atoms with Gasteiger partial charge in [-0.1, -0.05) is 85.7 Å². The maximum Gasteiger partial charge on any atom is 0.245 e. The third-order valence-electron chi connectivity index (χ3n) is 6.96. The third kappa shape index (κ3) is 10.3. The van der Waals surface area contributed by atoms with E-state index in [0.717, 1.165) is 5.56 Å². The predicted molar refractivity (Wildman–Crippen MR) is 156 cm³/mol. The summed E-state index contributed by atoms with van der Waals surface area (Å²) in [7, 11) is 3.29. The molecule has 9 heteroatoms. The number of carbonyl (C=O) groups is 4. The summed E-state index contributed by atoms with van der Waals surface area (Å²) in [6.07, 6.45) is 0.685. The zero-order valence-corrected chi connectivity index (χ0v) is 25.5. The molecule has 1 aromatic carbocycles. The second kappa shape index (κ2) is 16.2.